The summed E-state index contributed by atoms with van der Waals surface area (Å²) in [5.74, 6) is 0.448. The summed E-state index contributed by atoms with van der Waals surface area (Å²) in [7, 11) is 0. The Hall–Kier alpha value is -3.92. The first kappa shape index (κ1) is 21.6. The molecule has 0 amide bonds. The average molecular weight is 466 g/mol. The maximum Gasteiger partial charge on any atom is 0.417 e. The normalized spacial score (nSPS) is 12.4. The molecule has 0 saturated carbocycles. The molecule has 35 heavy (non-hydrogen) atoms. The van der Waals surface area contributed by atoms with Gasteiger partial charge in [0.15, 0.2) is 0 Å². The van der Waals surface area contributed by atoms with E-state index in [1.807, 2.05) is 12.1 Å². The van der Waals surface area contributed by atoms with Crippen LogP contribution < -0.4 is 0 Å². The monoisotopic (exact) mass is 465 g/mol. The molecule has 0 aliphatic carbocycles. The minimum Gasteiger partial charge on any atom is -0.256 e. The summed E-state index contributed by atoms with van der Waals surface area (Å²) in [5, 5.41) is 7.08. The lowest BCUT2D eigenvalue weighted by Crippen LogP contribution is -2.06. The van der Waals surface area contributed by atoms with Crippen LogP contribution in [0.15, 0.2) is 91.1 Å². The average Bonchev–Trinajstić information content (AvgIpc) is 2.86. The minimum atomic E-state index is -4.46. The van der Waals surface area contributed by atoms with Crippen LogP contribution in [0.25, 0.3) is 54.3 Å². The summed E-state index contributed by atoms with van der Waals surface area (Å²) < 4.78 is 41.8. The Kier molecular flexibility index (Phi) is 4.82. The van der Waals surface area contributed by atoms with Crippen molar-refractivity contribution in [3.63, 3.8) is 0 Å². The fraction of sp³-hybridized carbons (Fsp3) is 0.129. The number of rotatable bonds is 2. The second-order valence-corrected chi connectivity index (χ2v) is 9.36. The van der Waals surface area contributed by atoms with E-state index in [9.17, 15) is 13.2 Å². The molecule has 172 valence electrons. The predicted octanol–water partition coefficient (Wildman–Crippen LogP) is 9.50. The first-order valence-corrected chi connectivity index (χ1v) is 11.7. The van der Waals surface area contributed by atoms with Crippen LogP contribution in [-0.4, -0.2) is 4.98 Å². The number of pyridine rings is 1. The Bertz CT molecular complexity index is 1760. The fourth-order valence-electron chi connectivity index (χ4n) is 5.10. The first-order valence-electron chi connectivity index (χ1n) is 11.7. The fourth-order valence-corrected chi connectivity index (χ4v) is 5.10. The molecule has 0 aliphatic rings. The highest BCUT2D eigenvalue weighted by molar-refractivity contribution is 6.19. The van der Waals surface area contributed by atoms with Gasteiger partial charge >= 0.3 is 6.18 Å². The van der Waals surface area contributed by atoms with Gasteiger partial charge in [-0.15, -0.1) is 0 Å². The SMILES string of the molecule is CC(C)c1ccc2c(ccc3c4ccnc(-c5cc(C(F)(F)F)c6ccccc6c5)c4ccc23)c1. The smallest absolute Gasteiger partial charge is 0.256 e. The van der Waals surface area contributed by atoms with E-state index in [4.69, 9.17) is 0 Å². The quantitative estimate of drug-likeness (QED) is 0.232. The molecule has 0 atom stereocenters. The molecule has 0 aliphatic heterocycles. The number of halogens is 3. The first-order chi connectivity index (χ1) is 16.8. The van der Waals surface area contributed by atoms with Crippen molar-refractivity contribution in [1.29, 1.82) is 0 Å². The van der Waals surface area contributed by atoms with Crippen molar-refractivity contribution in [1.82, 2.24) is 4.98 Å². The Morgan fingerprint density at radius 1 is 0.629 bits per heavy atom. The molecule has 5 aromatic carbocycles. The molecule has 1 aromatic heterocycles. The summed E-state index contributed by atoms with van der Waals surface area (Å²) in [4.78, 5) is 4.54. The molecule has 6 aromatic rings. The van der Waals surface area contributed by atoms with Gasteiger partial charge in [0, 0.05) is 17.1 Å². The molecule has 6 rings (SSSR count). The van der Waals surface area contributed by atoms with Gasteiger partial charge in [-0.25, -0.2) is 0 Å². The van der Waals surface area contributed by atoms with Gasteiger partial charge < -0.3 is 0 Å². The van der Waals surface area contributed by atoms with Gasteiger partial charge in [0.05, 0.1) is 11.3 Å². The zero-order chi connectivity index (χ0) is 24.3. The van der Waals surface area contributed by atoms with E-state index in [1.165, 1.54) is 23.1 Å². The predicted molar refractivity (Wildman–Crippen MR) is 139 cm³/mol. The zero-order valence-corrected chi connectivity index (χ0v) is 19.3. The maximum atomic E-state index is 13.9. The highest BCUT2D eigenvalue weighted by Crippen LogP contribution is 2.40. The topological polar surface area (TPSA) is 12.9 Å². The lowest BCUT2D eigenvalue weighted by Gasteiger charge is -2.15. The molecule has 1 heterocycles. The van der Waals surface area contributed by atoms with Crippen molar-refractivity contribution >= 4 is 43.1 Å². The molecule has 0 saturated heterocycles. The number of fused-ring (bicyclic) bond motifs is 6. The van der Waals surface area contributed by atoms with Crippen LogP contribution in [0.3, 0.4) is 0 Å². The van der Waals surface area contributed by atoms with Crippen LogP contribution in [0.4, 0.5) is 13.2 Å². The van der Waals surface area contributed by atoms with Crippen LogP contribution in [0.1, 0.15) is 30.9 Å². The second-order valence-electron chi connectivity index (χ2n) is 9.36. The van der Waals surface area contributed by atoms with Gasteiger partial charge in [-0.1, -0.05) is 80.6 Å². The molecular formula is C31H22F3N. The Labute approximate surface area is 200 Å². The summed E-state index contributed by atoms with van der Waals surface area (Å²) in [6, 6.07) is 26.4. The van der Waals surface area contributed by atoms with Gasteiger partial charge in [0.1, 0.15) is 0 Å². The van der Waals surface area contributed by atoms with Gasteiger partial charge in [0.2, 0.25) is 0 Å². The third-order valence-corrected chi connectivity index (χ3v) is 6.89. The van der Waals surface area contributed by atoms with Crippen LogP contribution in [0.5, 0.6) is 0 Å². The molecule has 1 nitrogen and oxygen atoms in total. The molecule has 0 N–H and O–H groups in total. The maximum absolute atomic E-state index is 13.9. The number of nitrogens with zero attached hydrogens (tertiary/aromatic N) is 1. The molecule has 0 bridgehead atoms. The molecule has 0 spiro atoms. The standard InChI is InChI=1S/C31H22F3N/c1-18(2)19-7-9-23-21(15-19)8-10-26-25(23)11-12-28-27(26)13-14-35-30(28)22-16-20-5-3-4-6-24(20)29(17-22)31(32,33)34/h3-18H,1-2H3. The molecule has 4 heteroatoms. The third-order valence-electron chi connectivity index (χ3n) is 6.89. The van der Waals surface area contributed by atoms with Gasteiger partial charge in [-0.05, 0) is 67.4 Å². The van der Waals surface area contributed by atoms with Gasteiger partial charge in [-0.3, -0.25) is 4.98 Å². The van der Waals surface area contributed by atoms with Crippen molar-refractivity contribution in [3.8, 4) is 11.3 Å². The number of alkyl halides is 3. The van der Waals surface area contributed by atoms with Crippen LogP contribution in [0, 0.1) is 0 Å². The summed E-state index contributed by atoms with van der Waals surface area (Å²) in [6.07, 6.45) is -2.77. The Morgan fingerprint density at radius 2 is 1.29 bits per heavy atom. The van der Waals surface area contributed by atoms with Gasteiger partial charge in [0.25, 0.3) is 0 Å². The molecule has 0 radical (unpaired) electrons. The molecule has 0 unspecified atom stereocenters. The van der Waals surface area contributed by atoms with E-state index < -0.39 is 11.7 Å². The van der Waals surface area contributed by atoms with E-state index in [0.717, 1.165) is 26.9 Å². The third kappa shape index (κ3) is 3.52. The van der Waals surface area contributed by atoms with E-state index in [2.05, 4.69) is 55.2 Å². The summed E-state index contributed by atoms with van der Waals surface area (Å²) in [5.41, 5.74) is 1.66. The van der Waals surface area contributed by atoms with Crippen molar-refractivity contribution in [2.24, 2.45) is 0 Å². The van der Waals surface area contributed by atoms with E-state index >= 15 is 0 Å². The second kappa shape index (κ2) is 7.81. The molecule has 0 fully saturated rings. The Balaban J connectivity index is 1.62. The van der Waals surface area contributed by atoms with Gasteiger partial charge in [-0.2, -0.15) is 13.2 Å². The van der Waals surface area contributed by atoms with E-state index in [0.29, 0.717) is 22.6 Å². The number of hydrogen-bond donors (Lipinski definition) is 0. The molecular weight excluding hydrogens is 443 g/mol. The summed E-state index contributed by atoms with van der Waals surface area (Å²) in [6.45, 7) is 4.36. The van der Waals surface area contributed by atoms with Crippen LogP contribution in [-0.2, 0) is 6.18 Å². The lowest BCUT2D eigenvalue weighted by atomic mass is 9.92. The lowest BCUT2D eigenvalue weighted by molar-refractivity contribution is -0.136. The van der Waals surface area contributed by atoms with Crippen molar-refractivity contribution in [3.05, 3.63) is 102 Å². The largest absolute Gasteiger partial charge is 0.417 e. The van der Waals surface area contributed by atoms with E-state index in [1.54, 1.807) is 30.5 Å². The minimum absolute atomic E-state index is 0.196. The van der Waals surface area contributed by atoms with Crippen molar-refractivity contribution in [2.75, 3.05) is 0 Å². The van der Waals surface area contributed by atoms with Crippen molar-refractivity contribution < 1.29 is 13.2 Å². The number of hydrogen-bond acceptors (Lipinski definition) is 1. The van der Waals surface area contributed by atoms with Crippen LogP contribution in [0.2, 0.25) is 0 Å². The Morgan fingerprint density at radius 3 is 2.09 bits per heavy atom. The highest BCUT2D eigenvalue weighted by atomic mass is 19.4. The van der Waals surface area contributed by atoms with Crippen LogP contribution >= 0.6 is 0 Å². The summed E-state index contributed by atoms with van der Waals surface area (Å²) >= 11 is 0. The zero-order valence-electron chi connectivity index (χ0n) is 19.3. The highest BCUT2D eigenvalue weighted by Gasteiger charge is 2.33. The van der Waals surface area contributed by atoms with Crippen molar-refractivity contribution in [2.45, 2.75) is 25.9 Å². The number of aromatic nitrogens is 1. The van der Waals surface area contributed by atoms with E-state index in [-0.39, 0.29) is 5.39 Å². The number of benzene rings is 5.